The first kappa shape index (κ1) is 11.9. The maximum absolute atomic E-state index is 10.8. The zero-order valence-electron chi connectivity index (χ0n) is 7.61. The van der Waals surface area contributed by atoms with E-state index in [2.05, 4.69) is 10.1 Å². The second-order valence-corrected chi connectivity index (χ2v) is 2.60. The van der Waals surface area contributed by atoms with Crippen LogP contribution in [0.5, 0.6) is 0 Å². The number of carboxylic acid groups (broad SMARTS) is 1. The normalized spacial score (nSPS) is 14.7. The molecular weight excluding hydrogens is 176 g/mol. The Balaban J connectivity index is 3.76. The van der Waals surface area contributed by atoms with Crippen LogP contribution in [0.3, 0.4) is 0 Å². The molecule has 0 aromatic rings. The second-order valence-electron chi connectivity index (χ2n) is 2.60. The summed E-state index contributed by atoms with van der Waals surface area (Å²) in [6, 6.07) is -1.55. The lowest BCUT2D eigenvalue weighted by atomic mass is 10.3. The number of esters is 1. The highest BCUT2D eigenvalue weighted by molar-refractivity contribution is 5.76. The Hall–Kier alpha value is -1.14. The van der Waals surface area contributed by atoms with E-state index in [9.17, 15) is 9.59 Å². The van der Waals surface area contributed by atoms with Gasteiger partial charge >= 0.3 is 11.9 Å². The van der Waals surface area contributed by atoms with Crippen molar-refractivity contribution in [1.29, 1.82) is 0 Å². The number of rotatable bonds is 5. The van der Waals surface area contributed by atoms with Crippen LogP contribution in [0.15, 0.2) is 0 Å². The van der Waals surface area contributed by atoms with Gasteiger partial charge in [-0.1, -0.05) is 0 Å². The van der Waals surface area contributed by atoms with Crippen molar-refractivity contribution in [3.63, 3.8) is 0 Å². The van der Waals surface area contributed by atoms with Gasteiger partial charge in [0.25, 0.3) is 0 Å². The van der Waals surface area contributed by atoms with Crippen molar-refractivity contribution in [2.45, 2.75) is 19.0 Å². The van der Waals surface area contributed by atoms with E-state index in [1.54, 1.807) is 6.92 Å². The van der Waals surface area contributed by atoms with Gasteiger partial charge in [-0.2, -0.15) is 0 Å². The Morgan fingerprint density at radius 3 is 2.54 bits per heavy atom. The number of nitrogens with two attached hydrogens (primary N) is 1. The number of nitrogens with one attached hydrogen (secondary N) is 1. The molecular formula is C7H14N2O4. The molecule has 0 bridgehead atoms. The van der Waals surface area contributed by atoms with E-state index in [4.69, 9.17) is 10.8 Å². The smallest absolute Gasteiger partial charge is 0.322 e. The molecule has 6 heteroatoms. The van der Waals surface area contributed by atoms with Crippen LogP contribution in [-0.4, -0.2) is 42.8 Å². The van der Waals surface area contributed by atoms with Crippen LogP contribution >= 0.6 is 0 Å². The van der Waals surface area contributed by atoms with Crippen LogP contribution < -0.4 is 11.1 Å². The van der Waals surface area contributed by atoms with Gasteiger partial charge in [0.15, 0.2) is 0 Å². The van der Waals surface area contributed by atoms with E-state index in [1.165, 1.54) is 7.11 Å². The van der Waals surface area contributed by atoms with E-state index < -0.39 is 24.0 Å². The molecule has 2 atom stereocenters. The van der Waals surface area contributed by atoms with E-state index in [-0.39, 0.29) is 6.54 Å². The molecule has 6 nitrogen and oxygen atoms in total. The third-order valence-corrected chi connectivity index (χ3v) is 1.52. The number of carboxylic acids is 1. The molecule has 0 aromatic carbocycles. The summed E-state index contributed by atoms with van der Waals surface area (Å²) in [6.07, 6.45) is 0. The summed E-state index contributed by atoms with van der Waals surface area (Å²) in [6.45, 7) is 1.60. The largest absolute Gasteiger partial charge is 0.480 e. The van der Waals surface area contributed by atoms with Gasteiger partial charge in [0.05, 0.1) is 7.11 Å². The second kappa shape index (κ2) is 5.50. The zero-order valence-corrected chi connectivity index (χ0v) is 7.61. The minimum Gasteiger partial charge on any atom is -0.480 e. The first-order valence-corrected chi connectivity index (χ1v) is 3.78. The van der Waals surface area contributed by atoms with Crippen molar-refractivity contribution in [3.8, 4) is 0 Å². The molecule has 0 spiro atoms. The summed E-state index contributed by atoms with van der Waals surface area (Å²) >= 11 is 0. The number of hydrogen-bond acceptors (Lipinski definition) is 5. The molecule has 0 rings (SSSR count). The lowest BCUT2D eigenvalue weighted by molar-refractivity contribution is -0.143. The number of hydrogen-bond donors (Lipinski definition) is 3. The fourth-order valence-corrected chi connectivity index (χ4v) is 0.651. The van der Waals surface area contributed by atoms with Gasteiger partial charge in [0.2, 0.25) is 0 Å². The molecule has 0 saturated heterocycles. The van der Waals surface area contributed by atoms with E-state index in [1.807, 2.05) is 0 Å². The van der Waals surface area contributed by atoms with Crippen LogP contribution in [0.2, 0.25) is 0 Å². The standard InChI is InChI=1S/C7H14N2O4/c1-4(7(12)13-2)9-3-5(8)6(10)11/h4-5,9H,3,8H2,1-2H3,(H,10,11). The maximum atomic E-state index is 10.8. The lowest BCUT2D eigenvalue weighted by Gasteiger charge is -2.13. The van der Waals surface area contributed by atoms with Crippen molar-refractivity contribution >= 4 is 11.9 Å². The van der Waals surface area contributed by atoms with Gasteiger partial charge in [0, 0.05) is 6.54 Å². The van der Waals surface area contributed by atoms with E-state index in [0.717, 1.165) is 0 Å². The number of aliphatic carboxylic acids is 1. The number of carbonyl (C=O) groups excluding carboxylic acids is 1. The van der Waals surface area contributed by atoms with Crippen molar-refractivity contribution in [2.24, 2.45) is 5.73 Å². The Labute approximate surface area is 76.0 Å². The summed E-state index contributed by atoms with van der Waals surface area (Å²) in [5.41, 5.74) is 5.19. The van der Waals surface area contributed by atoms with Crippen LogP contribution in [-0.2, 0) is 14.3 Å². The molecule has 0 aliphatic carbocycles. The number of ether oxygens (including phenoxy) is 1. The molecule has 0 saturated carbocycles. The first-order valence-electron chi connectivity index (χ1n) is 3.78. The Bertz CT molecular complexity index is 195. The van der Waals surface area contributed by atoms with Gasteiger partial charge < -0.3 is 20.9 Å². The molecule has 0 aliphatic rings. The third-order valence-electron chi connectivity index (χ3n) is 1.52. The highest BCUT2D eigenvalue weighted by Crippen LogP contribution is 1.86. The quantitative estimate of drug-likeness (QED) is 0.458. The van der Waals surface area contributed by atoms with Crippen molar-refractivity contribution < 1.29 is 19.4 Å². The van der Waals surface area contributed by atoms with Crippen LogP contribution in [0.4, 0.5) is 0 Å². The molecule has 0 heterocycles. The van der Waals surface area contributed by atoms with Gasteiger partial charge in [-0.15, -0.1) is 0 Å². The number of carbonyl (C=O) groups is 2. The Morgan fingerprint density at radius 2 is 2.15 bits per heavy atom. The van der Waals surface area contributed by atoms with E-state index in [0.29, 0.717) is 0 Å². The van der Waals surface area contributed by atoms with Crippen molar-refractivity contribution in [1.82, 2.24) is 5.32 Å². The van der Waals surface area contributed by atoms with Gasteiger partial charge in [-0.3, -0.25) is 9.59 Å². The Morgan fingerprint density at radius 1 is 1.62 bits per heavy atom. The van der Waals surface area contributed by atoms with Crippen LogP contribution in [0.1, 0.15) is 6.92 Å². The molecule has 0 amide bonds. The van der Waals surface area contributed by atoms with Gasteiger partial charge in [0.1, 0.15) is 12.1 Å². The average Bonchev–Trinajstić information content (AvgIpc) is 2.11. The predicted octanol–water partition coefficient (Wildman–Crippen LogP) is -1.45. The number of methoxy groups -OCH3 is 1. The summed E-state index contributed by atoms with van der Waals surface area (Å²) in [5, 5.41) is 11.0. The van der Waals surface area contributed by atoms with Gasteiger partial charge in [-0.05, 0) is 6.92 Å². The lowest BCUT2D eigenvalue weighted by Crippen LogP contribution is -2.45. The molecule has 2 unspecified atom stereocenters. The SMILES string of the molecule is COC(=O)C(C)NCC(N)C(=O)O. The minimum absolute atomic E-state index is 0.0333. The first-order chi connectivity index (χ1) is 5.99. The van der Waals surface area contributed by atoms with Crippen LogP contribution in [0, 0.1) is 0 Å². The van der Waals surface area contributed by atoms with E-state index >= 15 is 0 Å². The minimum atomic E-state index is -1.11. The Kier molecular flexibility index (Phi) is 5.01. The third kappa shape index (κ3) is 4.44. The summed E-state index contributed by atoms with van der Waals surface area (Å²) in [5.74, 6) is -1.55. The fourth-order valence-electron chi connectivity index (χ4n) is 0.651. The molecule has 0 aliphatic heterocycles. The van der Waals surface area contributed by atoms with Crippen LogP contribution in [0.25, 0.3) is 0 Å². The highest BCUT2D eigenvalue weighted by atomic mass is 16.5. The zero-order chi connectivity index (χ0) is 10.4. The topological polar surface area (TPSA) is 102 Å². The summed E-state index contributed by atoms with van der Waals surface area (Å²) in [4.78, 5) is 21.1. The molecule has 4 N–H and O–H groups in total. The average molecular weight is 190 g/mol. The summed E-state index contributed by atoms with van der Waals surface area (Å²) < 4.78 is 4.42. The maximum Gasteiger partial charge on any atom is 0.322 e. The monoisotopic (exact) mass is 190 g/mol. The van der Waals surface area contributed by atoms with Crippen molar-refractivity contribution in [3.05, 3.63) is 0 Å². The molecule has 0 radical (unpaired) electrons. The molecule has 76 valence electrons. The van der Waals surface area contributed by atoms with Gasteiger partial charge in [-0.25, -0.2) is 0 Å². The molecule has 13 heavy (non-hydrogen) atoms. The predicted molar refractivity (Wildman–Crippen MR) is 45.1 cm³/mol. The van der Waals surface area contributed by atoms with Crippen molar-refractivity contribution in [2.75, 3.05) is 13.7 Å². The fraction of sp³-hybridized carbons (Fsp3) is 0.714. The highest BCUT2D eigenvalue weighted by Gasteiger charge is 2.16. The molecule has 0 aromatic heterocycles. The summed E-state index contributed by atoms with van der Waals surface area (Å²) in [7, 11) is 1.26. The molecule has 0 fully saturated rings.